The number of benzene rings is 2. The molecule has 0 saturated carbocycles. The van der Waals surface area contributed by atoms with E-state index in [9.17, 15) is 9.59 Å². The predicted molar refractivity (Wildman–Crippen MR) is 102 cm³/mol. The van der Waals surface area contributed by atoms with Gasteiger partial charge >= 0.3 is 5.63 Å². The van der Waals surface area contributed by atoms with Crippen molar-refractivity contribution in [2.75, 3.05) is 5.32 Å². The van der Waals surface area contributed by atoms with Crippen LogP contribution in [0.2, 0.25) is 5.02 Å². The number of hydrogen-bond donors (Lipinski definition) is 1. The third-order valence-electron chi connectivity index (χ3n) is 4.09. The number of anilines is 1. The molecule has 1 amide bonds. The number of para-hydroxylation sites is 1. The standard InChI is InChI=1S/C20H13ClN2O3/c1-11-9-16(23-19(24)12-5-4-6-13(21)10-12)22-18-14-7-2-3-8-15(14)26-20(25)17(11)18/h2-10H,1H3,(H,22,23,24). The van der Waals surface area contributed by atoms with Gasteiger partial charge in [-0.15, -0.1) is 0 Å². The quantitative estimate of drug-likeness (QED) is 0.418. The van der Waals surface area contributed by atoms with E-state index in [2.05, 4.69) is 10.3 Å². The van der Waals surface area contributed by atoms with Gasteiger partial charge in [0.1, 0.15) is 11.4 Å². The minimum atomic E-state index is -0.448. The lowest BCUT2D eigenvalue weighted by Gasteiger charge is -2.09. The lowest BCUT2D eigenvalue weighted by molar-refractivity contribution is 0.102. The third kappa shape index (κ3) is 2.82. The average Bonchev–Trinajstić information content (AvgIpc) is 2.61. The minimum absolute atomic E-state index is 0.328. The molecule has 6 heteroatoms. The van der Waals surface area contributed by atoms with Gasteiger partial charge in [-0.25, -0.2) is 9.78 Å². The van der Waals surface area contributed by atoms with Crippen molar-refractivity contribution in [2.24, 2.45) is 0 Å². The molecule has 26 heavy (non-hydrogen) atoms. The molecule has 4 rings (SSSR count). The molecule has 2 aromatic carbocycles. The van der Waals surface area contributed by atoms with Crippen LogP contribution in [-0.2, 0) is 0 Å². The van der Waals surface area contributed by atoms with Crippen LogP contribution in [0.5, 0.6) is 0 Å². The number of hydrogen-bond acceptors (Lipinski definition) is 4. The second-order valence-electron chi connectivity index (χ2n) is 5.90. The molecule has 0 fully saturated rings. The first-order chi connectivity index (χ1) is 12.5. The molecule has 5 nitrogen and oxygen atoms in total. The van der Waals surface area contributed by atoms with Crippen LogP contribution in [0.1, 0.15) is 15.9 Å². The summed E-state index contributed by atoms with van der Waals surface area (Å²) in [6.45, 7) is 1.78. The Kier molecular flexibility index (Phi) is 3.93. The van der Waals surface area contributed by atoms with Gasteiger partial charge in [0, 0.05) is 16.0 Å². The van der Waals surface area contributed by atoms with Crippen molar-refractivity contribution >= 4 is 45.2 Å². The first-order valence-corrected chi connectivity index (χ1v) is 8.31. The largest absolute Gasteiger partial charge is 0.422 e. The first-order valence-electron chi connectivity index (χ1n) is 7.93. The normalized spacial score (nSPS) is 11.0. The number of aryl methyl sites for hydroxylation is 1. The molecule has 4 aromatic rings. The van der Waals surface area contributed by atoms with E-state index in [1.807, 2.05) is 12.1 Å². The van der Waals surface area contributed by atoms with Crippen LogP contribution in [0.15, 0.2) is 63.8 Å². The molecule has 0 saturated heterocycles. The zero-order valence-corrected chi connectivity index (χ0v) is 14.5. The summed E-state index contributed by atoms with van der Waals surface area (Å²) in [4.78, 5) is 29.2. The fraction of sp³-hybridized carbons (Fsp3) is 0.0500. The highest BCUT2D eigenvalue weighted by Crippen LogP contribution is 2.25. The number of halogens is 1. The molecule has 0 unspecified atom stereocenters. The maximum Gasteiger partial charge on any atom is 0.346 e. The fourth-order valence-electron chi connectivity index (χ4n) is 2.91. The highest BCUT2D eigenvalue weighted by atomic mass is 35.5. The molecule has 0 aliphatic carbocycles. The van der Waals surface area contributed by atoms with Crippen LogP contribution in [0.4, 0.5) is 5.82 Å². The Balaban J connectivity index is 1.85. The SMILES string of the molecule is Cc1cc(NC(=O)c2cccc(Cl)c2)nc2c1c(=O)oc1ccccc12. The Morgan fingerprint density at radius 3 is 2.73 bits per heavy atom. The number of pyridine rings is 1. The van der Waals surface area contributed by atoms with E-state index in [-0.39, 0.29) is 5.91 Å². The third-order valence-corrected chi connectivity index (χ3v) is 4.33. The van der Waals surface area contributed by atoms with Crippen LogP contribution in [0.3, 0.4) is 0 Å². The van der Waals surface area contributed by atoms with Gasteiger partial charge in [-0.1, -0.05) is 29.8 Å². The van der Waals surface area contributed by atoms with E-state index in [0.29, 0.717) is 43.8 Å². The molecular weight excluding hydrogens is 352 g/mol. The summed E-state index contributed by atoms with van der Waals surface area (Å²) in [6.07, 6.45) is 0. The Morgan fingerprint density at radius 1 is 1.12 bits per heavy atom. The van der Waals surface area contributed by atoms with Crippen LogP contribution in [0, 0.1) is 6.92 Å². The van der Waals surface area contributed by atoms with Gasteiger partial charge in [0.2, 0.25) is 0 Å². The Bertz CT molecular complexity index is 1230. The van der Waals surface area contributed by atoms with Gasteiger partial charge in [-0.2, -0.15) is 0 Å². The summed E-state index contributed by atoms with van der Waals surface area (Å²) < 4.78 is 5.36. The van der Waals surface area contributed by atoms with Crippen LogP contribution >= 0.6 is 11.6 Å². The van der Waals surface area contributed by atoms with Gasteiger partial charge < -0.3 is 9.73 Å². The van der Waals surface area contributed by atoms with E-state index < -0.39 is 5.63 Å². The zero-order chi connectivity index (χ0) is 18.3. The van der Waals surface area contributed by atoms with E-state index in [1.54, 1.807) is 49.4 Å². The van der Waals surface area contributed by atoms with Crippen molar-refractivity contribution in [3.63, 3.8) is 0 Å². The second kappa shape index (κ2) is 6.28. The number of aromatic nitrogens is 1. The molecule has 2 heterocycles. The van der Waals surface area contributed by atoms with Gasteiger partial charge in [0.25, 0.3) is 5.91 Å². The van der Waals surface area contributed by atoms with Crippen molar-refractivity contribution in [1.29, 1.82) is 0 Å². The summed E-state index contributed by atoms with van der Waals surface area (Å²) in [7, 11) is 0. The van der Waals surface area contributed by atoms with Crippen molar-refractivity contribution < 1.29 is 9.21 Å². The zero-order valence-electron chi connectivity index (χ0n) is 13.7. The van der Waals surface area contributed by atoms with Gasteiger partial charge in [0.05, 0.1) is 10.9 Å². The lowest BCUT2D eigenvalue weighted by atomic mass is 10.1. The van der Waals surface area contributed by atoms with E-state index in [0.717, 1.165) is 0 Å². The molecule has 0 atom stereocenters. The lowest BCUT2D eigenvalue weighted by Crippen LogP contribution is -2.14. The van der Waals surface area contributed by atoms with Crippen molar-refractivity contribution in [1.82, 2.24) is 4.98 Å². The number of amides is 1. The molecule has 0 radical (unpaired) electrons. The maximum atomic E-state index is 12.5. The summed E-state index contributed by atoms with van der Waals surface area (Å²) in [6, 6.07) is 15.5. The molecule has 2 aromatic heterocycles. The smallest absolute Gasteiger partial charge is 0.346 e. The Labute approximate surface area is 153 Å². The highest BCUT2D eigenvalue weighted by Gasteiger charge is 2.14. The molecule has 0 aliphatic heterocycles. The Hall–Kier alpha value is -3.18. The summed E-state index contributed by atoms with van der Waals surface area (Å²) in [5.41, 5.74) is 1.61. The van der Waals surface area contributed by atoms with Crippen molar-refractivity contribution in [3.8, 4) is 0 Å². The van der Waals surface area contributed by atoms with Gasteiger partial charge in [-0.3, -0.25) is 4.79 Å². The molecule has 0 spiro atoms. The number of nitrogens with one attached hydrogen (secondary N) is 1. The Morgan fingerprint density at radius 2 is 1.92 bits per heavy atom. The van der Waals surface area contributed by atoms with Crippen LogP contribution < -0.4 is 10.9 Å². The molecular formula is C20H13ClN2O3. The summed E-state index contributed by atoms with van der Waals surface area (Å²) >= 11 is 5.94. The molecule has 128 valence electrons. The number of carbonyl (C=O) groups excluding carboxylic acids is 1. The highest BCUT2D eigenvalue weighted by molar-refractivity contribution is 6.31. The van der Waals surface area contributed by atoms with E-state index >= 15 is 0 Å². The summed E-state index contributed by atoms with van der Waals surface area (Å²) in [5.74, 6) is 0.0294. The fourth-order valence-corrected chi connectivity index (χ4v) is 3.10. The minimum Gasteiger partial charge on any atom is -0.422 e. The number of nitrogens with zero attached hydrogens (tertiary/aromatic N) is 1. The van der Waals surface area contributed by atoms with Crippen LogP contribution in [-0.4, -0.2) is 10.9 Å². The monoisotopic (exact) mass is 364 g/mol. The van der Waals surface area contributed by atoms with E-state index in [4.69, 9.17) is 16.0 Å². The second-order valence-corrected chi connectivity index (χ2v) is 6.33. The van der Waals surface area contributed by atoms with Crippen molar-refractivity contribution in [3.05, 3.63) is 81.2 Å². The average molecular weight is 365 g/mol. The maximum absolute atomic E-state index is 12.5. The number of fused-ring (bicyclic) bond motifs is 3. The molecule has 0 aliphatic rings. The van der Waals surface area contributed by atoms with Gasteiger partial charge in [-0.05, 0) is 48.9 Å². The predicted octanol–water partition coefficient (Wildman–Crippen LogP) is 4.56. The molecule has 0 bridgehead atoms. The van der Waals surface area contributed by atoms with Crippen molar-refractivity contribution in [2.45, 2.75) is 6.92 Å². The number of carbonyl (C=O) groups is 1. The molecule has 1 N–H and O–H groups in total. The number of rotatable bonds is 2. The van der Waals surface area contributed by atoms with Gasteiger partial charge in [0.15, 0.2) is 0 Å². The van der Waals surface area contributed by atoms with E-state index in [1.165, 1.54) is 0 Å². The van der Waals surface area contributed by atoms with Crippen LogP contribution in [0.25, 0.3) is 21.9 Å². The first kappa shape index (κ1) is 16.3. The topological polar surface area (TPSA) is 72.2 Å². The summed E-state index contributed by atoms with van der Waals surface area (Å²) in [5, 5.41) is 4.36.